The van der Waals surface area contributed by atoms with E-state index in [0.29, 0.717) is 35.6 Å². The number of carbonyl (C=O) groups is 2. The molecule has 1 unspecified atom stereocenters. The number of hydrogen-bond acceptors (Lipinski definition) is 5. The van der Waals surface area contributed by atoms with Crippen LogP contribution in [-0.2, 0) is 36.0 Å². The number of anilines is 1. The molecule has 0 radical (unpaired) electrons. The molecular formula is C26H29N4O4S2+. The van der Waals surface area contributed by atoms with Gasteiger partial charge in [-0.05, 0) is 47.4 Å². The second-order valence-corrected chi connectivity index (χ2v) is 12.3. The van der Waals surface area contributed by atoms with Crippen molar-refractivity contribution < 1.29 is 22.9 Å². The van der Waals surface area contributed by atoms with Gasteiger partial charge in [-0.15, -0.1) is 11.3 Å². The van der Waals surface area contributed by atoms with Gasteiger partial charge in [0.05, 0.1) is 28.9 Å². The van der Waals surface area contributed by atoms with Gasteiger partial charge in [0, 0.05) is 32.1 Å². The van der Waals surface area contributed by atoms with Crippen molar-refractivity contribution >= 4 is 38.2 Å². The molecular weight excluding hydrogens is 496 g/mol. The maximum absolute atomic E-state index is 13.2. The van der Waals surface area contributed by atoms with Crippen LogP contribution < -0.4 is 15.5 Å². The van der Waals surface area contributed by atoms with Gasteiger partial charge in [0.25, 0.3) is 11.8 Å². The van der Waals surface area contributed by atoms with E-state index < -0.39 is 10.0 Å². The van der Waals surface area contributed by atoms with Crippen molar-refractivity contribution in [3.8, 4) is 0 Å². The lowest BCUT2D eigenvalue weighted by Gasteiger charge is -2.28. The Morgan fingerprint density at radius 3 is 2.44 bits per heavy atom. The number of likely N-dealkylation sites (N-methyl/N-ethyl adjacent to an activating group) is 1. The van der Waals surface area contributed by atoms with E-state index in [2.05, 4.69) is 17.7 Å². The third-order valence-electron chi connectivity index (χ3n) is 6.89. The molecule has 1 aromatic heterocycles. The number of rotatable bonds is 5. The van der Waals surface area contributed by atoms with Crippen molar-refractivity contribution in [2.75, 3.05) is 32.5 Å². The monoisotopic (exact) mass is 525 g/mol. The van der Waals surface area contributed by atoms with E-state index in [1.807, 2.05) is 24.3 Å². The highest BCUT2D eigenvalue weighted by Gasteiger charge is 2.30. The predicted molar refractivity (Wildman–Crippen MR) is 139 cm³/mol. The first kappa shape index (κ1) is 24.6. The molecule has 3 heterocycles. The van der Waals surface area contributed by atoms with Crippen molar-refractivity contribution in [3.05, 3.63) is 81.2 Å². The minimum atomic E-state index is -3.69. The number of thiophene rings is 1. The van der Waals surface area contributed by atoms with E-state index in [9.17, 15) is 18.0 Å². The van der Waals surface area contributed by atoms with E-state index in [4.69, 9.17) is 0 Å². The Morgan fingerprint density at radius 2 is 1.72 bits per heavy atom. The molecule has 5 rings (SSSR count). The van der Waals surface area contributed by atoms with E-state index in [1.165, 1.54) is 50.4 Å². The van der Waals surface area contributed by atoms with Crippen molar-refractivity contribution in [1.29, 1.82) is 0 Å². The van der Waals surface area contributed by atoms with Crippen LogP contribution in [0, 0.1) is 0 Å². The highest BCUT2D eigenvalue weighted by atomic mass is 32.2. The third kappa shape index (κ3) is 4.57. The van der Waals surface area contributed by atoms with Crippen LogP contribution >= 0.6 is 11.3 Å². The second kappa shape index (κ2) is 9.78. The molecule has 0 saturated heterocycles. The van der Waals surface area contributed by atoms with Gasteiger partial charge < -0.3 is 15.5 Å². The first-order valence-corrected chi connectivity index (χ1v) is 14.2. The topological polar surface area (TPSA) is 100 Å². The fourth-order valence-electron chi connectivity index (χ4n) is 4.85. The smallest absolute Gasteiger partial charge is 0.256 e. The molecule has 0 bridgehead atoms. The molecule has 0 aliphatic carbocycles. The van der Waals surface area contributed by atoms with Crippen LogP contribution in [-0.4, -0.2) is 51.7 Å². The summed E-state index contributed by atoms with van der Waals surface area (Å²) in [5.74, 6) is -0.595. The molecule has 188 valence electrons. The third-order valence-corrected chi connectivity index (χ3v) is 9.89. The molecule has 8 nitrogen and oxygen atoms in total. The molecule has 0 saturated carbocycles. The van der Waals surface area contributed by atoms with E-state index in [0.717, 1.165) is 35.5 Å². The van der Waals surface area contributed by atoms with E-state index >= 15 is 0 Å². The number of carbonyl (C=O) groups excluding carboxylic acids is 2. The summed E-state index contributed by atoms with van der Waals surface area (Å²) in [5.41, 5.74) is 4.06. The van der Waals surface area contributed by atoms with Crippen LogP contribution in [0.2, 0.25) is 0 Å². The lowest BCUT2D eigenvalue weighted by Crippen LogP contribution is -3.08. The molecule has 3 N–H and O–H groups in total. The predicted octanol–water partition coefficient (Wildman–Crippen LogP) is 1.68. The van der Waals surface area contributed by atoms with Crippen LogP contribution in [0.25, 0.3) is 0 Å². The maximum atomic E-state index is 13.2. The van der Waals surface area contributed by atoms with Gasteiger partial charge in [-0.25, -0.2) is 8.42 Å². The van der Waals surface area contributed by atoms with Gasteiger partial charge >= 0.3 is 0 Å². The fraction of sp³-hybridized carbons (Fsp3) is 0.308. The molecule has 0 fully saturated rings. The van der Waals surface area contributed by atoms with Crippen molar-refractivity contribution in [2.24, 2.45) is 0 Å². The molecule has 3 aromatic rings. The van der Waals surface area contributed by atoms with Crippen LogP contribution in [0.3, 0.4) is 0 Å². The minimum absolute atomic E-state index is 0.155. The number of sulfonamides is 1. The zero-order valence-corrected chi connectivity index (χ0v) is 21.9. The molecule has 2 amide bonds. The summed E-state index contributed by atoms with van der Waals surface area (Å²) in [6.07, 6.45) is 1.45. The Balaban J connectivity index is 1.35. The average molecular weight is 526 g/mol. The number of amides is 2. The SMILES string of the molecule is CNC(=O)c1c(NC(=O)c2ccc(S(=O)(=O)N3CCc4ccccc4C3)cc2)sc2c1CC[NH+](C)C2. The maximum Gasteiger partial charge on any atom is 0.256 e. The largest absolute Gasteiger partial charge is 0.355 e. The number of hydrogen-bond donors (Lipinski definition) is 3. The number of fused-ring (bicyclic) bond motifs is 2. The summed E-state index contributed by atoms with van der Waals surface area (Å²) in [7, 11) is 0.00514. The summed E-state index contributed by atoms with van der Waals surface area (Å²) in [4.78, 5) is 28.3. The standard InChI is InChI=1S/C26H28N4O4S2/c1-27-25(32)23-21-12-13-29(2)16-22(21)35-26(23)28-24(31)18-7-9-20(10-8-18)36(33,34)30-14-11-17-5-3-4-6-19(17)15-30/h3-10H,11-16H2,1-2H3,(H,27,32)(H,28,31)/p+1. The van der Waals surface area contributed by atoms with Gasteiger partial charge in [0.2, 0.25) is 10.0 Å². The molecule has 2 aliphatic rings. The van der Waals surface area contributed by atoms with Crippen LogP contribution in [0.15, 0.2) is 53.4 Å². The van der Waals surface area contributed by atoms with Crippen molar-refractivity contribution in [3.63, 3.8) is 0 Å². The minimum Gasteiger partial charge on any atom is -0.355 e. The summed E-state index contributed by atoms with van der Waals surface area (Å²) in [5, 5.41) is 6.11. The highest BCUT2D eigenvalue weighted by molar-refractivity contribution is 7.89. The Bertz CT molecular complexity index is 1430. The lowest BCUT2D eigenvalue weighted by molar-refractivity contribution is -0.895. The van der Waals surface area contributed by atoms with E-state index in [-0.39, 0.29) is 16.7 Å². The van der Waals surface area contributed by atoms with Gasteiger partial charge in [-0.2, -0.15) is 4.31 Å². The van der Waals surface area contributed by atoms with Crippen molar-refractivity contribution in [1.82, 2.24) is 9.62 Å². The summed E-state index contributed by atoms with van der Waals surface area (Å²) in [6.45, 7) is 2.50. The first-order chi connectivity index (χ1) is 17.3. The first-order valence-electron chi connectivity index (χ1n) is 11.9. The quantitative estimate of drug-likeness (QED) is 0.472. The number of nitrogens with zero attached hydrogens (tertiary/aromatic N) is 1. The number of nitrogens with one attached hydrogen (secondary N) is 3. The summed E-state index contributed by atoms with van der Waals surface area (Å²) < 4.78 is 28.0. The molecule has 0 spiro atoms. The van der Waals surface area contributed by atoms with Crippen LogP contribution in [0.5, 0.6) is 0 Å². The van der Waals surface area contributed by atoms with E-state index in [1.54, 1.807) is 7.05 Å². The zero-order valence-electron chi connectivity index (χ0n) is 20.3. The van der Waals surface area contributed by atoms with Crippen LogP contribution in [0.1, 0.15) is 42.3 Å². The molecule has 10 heteroatoms. The summed E-state index contributed by atoms with van der Waals surface area (Å²) >= 11 is 1.44. The summed E-state index contributed by atoms with van der Waals surface area (Å²) in [6, 6.07) is 13.9. The number of benzene rings is 2. The molecule has 2 aliphatic heterocycles. The van der Waals surface area contributed by atoms with Crippen LogP contribution in [0.4, 0.5) is 5.00 Å². The second-order valence-electron chi connectivity index (χ2n) is 9.26. The average Bonchev–Trinajstić information content (AvgIpc) is 3.24. The zero-order chi connectivity index (χ0) is 25.4. The molecule has 36 heavy (non-hydrogen) atoms. The van der Waals surface area contributed by atoms with Crippen molar-refractivity contribution in [2.45, 2.75) is 30.8 Å². The molecule has 1 atom stereocenters. The molecule has 2 aromatic carbocycles. The normalized spacial score (nSPS) is 17.7. The van der Waals surface area contributed by atoms with Gasteiger partial charge in [-0.1, -0.05) is 24.3 Å². The lowest BCUT2D eigenvalue weighted by atomic mass is 10.0. The Hall–Kier alpha value is -3.05. The van der Waals surface area contributed by atoms with Gasteiger partial charge in [0.1, 0.15) is 11.5 Å². The van der Waals surface area contributed by atoms with Gasteiger partial charge in [0.15, 0.2) is 0 Å². The fourth-order valence-corrected chi connectivity index (χ4v) is 7.62. The Morgan fingerprint density at radius 1 is 1.00 bits per heavy atom. The highest BCUT2D eigenvalue weighted by Crippen LogP contribution is 2.35. The number of quaternary nitrogens is 1. The van der Waals surface area contributed by atoms with Gasteiger partial charge in [-0.3, -0.25) is 9.59 Å². The Kier molecular flexibility index (Phi) is 6.69. The Labute approximate surface area is 215 Å².